The monoisotopic (exact) mass is 382 g/mol. The van der Waals surface area contributed by atoms with Crippen LogP contribution in [0.3, 0.4) is 0 Å². The van der Waals surface area contributed by atoms with Crippen LogP contribution in [0.25, 0.3) is 0 Å². The molecule has 0 aliphatic heterocycles. The smallest absolute Gasteiger partial charge is 0.243 e. The number of ether oxygens (including phenoxy) is 1. The van der Waals surface area contributed by atoms with Gasteiger partial charge in [0.15, 0.2) is 0 Å². The van der Waals surface area contributed by atoms with Crippen LogP contribution in [0.5, 0.6) is 0 Å². The van der Waals surface area contributed by atoms with Crippen molar-refractivity contribution in [2.24, 2.45) is 0 Å². The summed E-state index contributed by atoms with van der Waals surface area (Å²) in [5.74, 6) is -0.746. The molecular weight excluding hydrogens is 363 g/mol. The number of rotatable bonds is 8. The van der Waals surface area contributed by atoms with Crippen molar-refractivity contribution >= 4 is 26.0 Å². The molecule has 0 atom stereocenters. The highest BCUT2D eigenvalue weighted by Gasteiger charge is 2.21. The Morgan fingerprint density at radius 1 is 1.38 bits per heavy atom. The largest absolute Gasteiger partial charge is 0.377 e. The van der Waals surface area contributed by atoms with Crippen LogP contribution < -0.4 is 10.0 Å². The first-order valence-electron chi connectivity index (χ1n) is 6.51. The van der Waals surface area contributed by atoms with E-state index < -0.39 is 15.8 Å². The highest BCUT2D eigenvalue weighted by molar-refractivity contribution is 9.10. The van der Waals surface area contributed by atoms with Crippen molar-refractivity contribution in [3.05, 3.63) is 28.0 Å². The summed E-state index contributed by atoms with van der Waals surface area (Å²) in [5, 5.41) is 2.80. The fourth-order valence-electron chi connectivity index (χ4n) is 1.68. The standard InChI is InChI=1S/C13H20BrFN2O3S/c1-9(2)20-5-4-17-21(18,19)12-7-11(14)6-10(8-16-3)13(12)15/h6-7,9,16-17H,4-5,8H2,1-3H3. The van der Waals surface area contributed by atoms with Gasteiger partial charge in [-0.3, -0.25) is 0 Å². The van der Waals surface area contributed by atoms with Gasteiger partial charge in [0.25, 0.3) is 0 Å². The van der Waals surface area contributed by atoms with Crippen molar-refractivity contribution in [3.63, 3.8) is 0 Å². The second kappa shape index (κ2) is 8.19. The van der Waals surface area contributed by atoms with Gasteiger partial charge in [0, 0.05) is 23.1 Å². The number of hydrogen-bond donors (Lipinski definition) is 2. The molecule has 0 fully saturated rings. The fraction of sp³-hybridized carbons (Fsp3) is 0.538. The lowest BCUT2D eigenvalue weighted by Crippen LogP contribution is -2.29. The average molecular weight is 383 g/mol. The van der Waals surface area contributed by atoms with Gasteiger partial charge < -0.3 is 10.1 Å². The van der Waals surface area contributed by atoms with E-state index in [-0.39, 0.29) is 36.3 Å². The normalized spacial score (nSPS) is 12.1. The molecule has 21 heavy (non-hydrogen) atoms. The SMILES string of the molecule is CNCc1cc(Br)cc(S(=O)(=O)NCCOC(C)C)c1F. The summed E-state index contributed by atoms with van der Waals surface area (Å²) in [6.07, 6.45) is 0.0133. The van der Waals surface area contributed by atoms with Crippen LogP contribution in [0.4, 0.5) is 4.39 Å². The molecule has 0 unspecified atom stereocenters. The summed E-state index contributed by atoms with van der Waals surface area (Å²) in [5.41, 5.74) is 0.283. The maximum absolute atomic E-state index is 14.3. The van der Waals surface area contributed by atoms with Crippen LogP contribution in [0.15, 0.2) is 21.5 Å². The Hall–Kier alpha value is -0.540. The quantitative estimate of drug-likeness (QED) is 0.674. The molecule has 2 N–H and O–H groups in total. The van der Waals surface area contributed by atoms with Crippen molar-refractivity contribution in [2.45, 2.75) is 31.4 Å². The molecule has 0 heterocycles. The summed E-state index contributed by atoms with van der Waals surface area (Å²) in [7, 11) is -2.25. The summed E-state index contributed by atoms with van der Waals surface area (Å²) in [6.45, 7) is 4.27. The maximum atomic E-state index is 14.3. The lowest BCUT2D eigenvalue weighted by molar-refractivity contribution is 0.0834. The molecule has 120 valence electrons. The Kier molecular flexibility index (Phi) is 7.22. The minimum Gasteiger partial charge on any atom is -0.377 e. The highest BCUT2D eigenvalue weighted by atomic mass is 79.9. The van der Waals surface area contributed by atoms with Crippen LogP contribution in [0.1, 0.15) is 19.4 Å². The fourth-order valence-corrected chi connectivity index (χ4v) is 3.49. The molecule has 0 radical (unpaired) electrons. The van der Waals surface area contributed by atoms with Gasteiger partial charge in [-0.1, -0.05) is 15.9 Å². The topological polar surface area (TPSA) is 67.4 Å². The first-order valence-corrected chi connectivity index (χ1v) is 8.79. The zero-order valence-electron chi connectivity index (χ0n) is 12.2. The number of benzene rings is 1. The first-order chi connectivity index (χ1) is 9.77. The number of sulfonamides is 1. The van der Waals surface area contributed by atoms with Gasteiger partial charge in [-0.25, -0.2) is 17.5 Å². The number of hydrogen-bond acceptors (Lipinski definition) is 4. The number of halogens is 2. The molecule has 0 spiro atoms. The van der Waals surface area contributed by atoms with E-state index in [1.165, 1.54) is 6.07 Å². The lowest BCUT2D eigenvalue weighted by Gasteiger charge is -2.12. The third-order valence-electron chi connectivity index (χ3n) is 2.58. The molecule has 0 aliphatic carbocycles. The van der Waals surface area contributed by atoms with Crippen LogP contribution in [-0.4, -0.2) is 34.7 Å². The van der Waals surface area contributed by atoms with Crippen LogP contribution in [-0.2, 0) is 21.3 Å². The molecule has 0 aliphatic rings. The van der Waals surface area contributed by atoms with E-state index in [1.54, 1.807) is 13.1 Å². The third kappa shape index (κ3) is 5.63. The van der Waals surface area contributed by atoms with Gasteiger partial charge in [0.1, 0.15) is 10.7 Å². The molecule has 0 bridgehead atoms. The van der Waals surface area contributed by atoms with Crippen molar-refractivity contribution in [1.29, 1.82) is 0 Å². The van der Waals surface area contributed by atoms with E-state index in [9.17, 15) is 12.8 Å². The van der Waals surface area contributed by atoms with E-state index in [4.69, 9.17) is 4.74 Å². The summed E-state index contributed by atoms with van der Waals surface area (Å²) in [4.78, 5) is -0.369. The zero-order valence-corrected chi connectivity index (χ0v) is 14.6. The van der Waals surface area contributed by atoms with Crippen LogP contribution in [0.2, 0.25) is 0 Å². The molecular formula is C13H20BrFN2O3S. The average Bonchev–Trinajstić information content (AvgIpc) is 2.38. The number of nitrogens with one attached hydrogen (secondary N) is 2. The molecule has 5 nitrogen and oxygen atoms in total. The maximum Gasteiger partial charge on any atom is 0.243 e. The minimum absolute atomic E-state index is 0.0133. The Bertz CT molecular complexity index is 579. The van der Waals surface area contributed by atoms with Gasteiger partial charge in [-0.15, -0.1) is 0 Å². The van der Waals surface area contributed by atoms with Gasteiger partial charge in [0.2, 0.25) is 10.0 Å². The van der Waals surface area contributed by atoms with E-state index >= 15 is 0 Å². The van der Waals surface area contributed by atoms with Crippen molar-refractivity contribution in [2.75, 3.05) is 20.2 Å². The molecule has 1 rings (SSSR count). The second-order valence-corrected chi connectivity index (χ2v) is 7.38. The summed E-state index contributed by atoms with van der Waals surface area (Å²) >= 11 is 3.20. The molecule has 1 aromatic carbocycles. The Morgan fingerprint density at radius 3 is 2.62 bits per heavy atom. The van der Waals surface area contributed by atoms with Crippen LogP contribution in [0, 0.1) is 5.82 Å². The van der Waals surface area contributed by atoms with E-state index in [2.05, 4.69) is 26.0 Å². The zero-order chi connectivity index (χ0) is 16.0. The first kappa shape index (κ1) is 18.5. The molecule has 0 amide bonds. The van der Waals surface area contributed by atoms with Crippen LogP contribution >= 0.6 is 15.9 Å². The van der Waals surface area contributed by atoms with Gasteiger partial charge in [0.05, 0.1) is 12.7 Å². The predicted molar refractivity (Wildman–Crippen MR) is 83.1 cm³/mol. The highest BCUT2D eigenvalue weighted by Crippen LogP contribution is 2.24. The Labute approximate surface area is 133 Å². The molecule has 8 heteroatoms. The summed E-state index contributed by atoms with van der Waals surface area (Å²) in [6, 6.07) is 2.80. The minimum atomic E-state index is -3.91. The Morgan fingerprint density at radius 2 is 2.05 bits per heavy atom. The Balaban J connectivity index is 2.92. The van der Waals surface area contributed by atoms with Crippen molar-refractivity contribution in [1.82, 2.24) is 10.0 Å². The predicted octanol–water partition coefficient (Wildman–Crippen LogP) is 2.01. The molecule has 0 aromatic heterocycles. The lowest BCUT2D eigenvalue weighted by atomic mass is 10.2. The molecule has 0 saturated heterocycles. The van der Waals surface area contributed by atoms with Gasteiger partial charge in [-0.2, -0.15) is 0 Å². The van der Waals surface area contributed by atoms with Gasteiger partial charge >= 0.3 is 0 Å². The summed E-state index contributed by atoms with van der Waals surface area (Å²) < 4.78 is 46.7. The second-order valence-electron chi connectivity index (χ2n) is 4.72. The molecule has 0 saturated carbocycles. The molecule has 1 aromatic rings. The van der Waals surface area contributed by atoms with Crippen molar-refractivity contribution in [3.8, 4) is 0 Å². The van der Waals surface area contributed by atoms with E-state index in [0.29, 0.717) is 4.47 Å². The van der Waals surface area contributed by atoms with Gasteiger partial charge in [-0.05, 0) is 33.0 Å². The third-order valence-corrected chi connectivity index (χ3v) is 4.50. The van der Waals surface area contributed by atoms with E-state index in [0.717, 1.165) is 0 Å². The van der Waals surface area contributed by atoms with Crippen molar-refractivity contribution < 1.29 is 17.5 Å². The van der Waals surface area contributed by atoms with E-state index in [1.807, 2.05) is 13.8 Å².